The van der Waals surface area contributed by atoms with Gasteiger partial charge < -0.3 is 10.6 Å². The maximum Gasteiger partial charge on any atom is 0.416 e. The van der Waals surface area contributed by atoms with Gasteiger partial charge >= 0.3 is 6.18 Å². The maximum absolute atomic E-state index is 13.0. The minimum absolute atomic E-state index is 0.0550. The molecule has 0 bridgehead atoms. The summed E-state index contributed by atoms with van der Waals surface area (Å²) < 4.78 is 38.9. The Morgan fingerprint density at radius 2 is 1.52 bits per heavy atom. The predicted molar refractivity (Wildman–Crippen MR) is 112 cm³/mol. The van der Waals surface area contributed by atoms with Crippen molar-refractivity contribution >= 4 is 40.9 Å². The zero-order valence-corrected chi connectivity index (χ0v) is 16.5. The van der Waals surface area contributed by atoms with Gasteiger partial charge in [-0.25, -0.2) is 4.98 Å². The molecule has 3 aromatic rings. The van der Waals surface area contributed by atoms with Crippen molar-refractivity contribution in [1.29, 1.82) is 0 Å². The Kier molecular flexibility index (Phi) is 6.71. The van der Waals surface area contributed by atoms with Crippen LogP contribution in [0, 0.1) is 0 Å². The molecule has 0 saturated carbocycles. The summed E-state index contributed by atoms with van der Waals surface area (Å²) in [6, 6.07) is 15.6. The average Bonchev–Trinajstić information content (AvgIpc) is 2.73. The highest BCUT2D eigenvalue weighted by Crippen LogP contribution is 2.30. The van der Waals surface area contributed by atoms with E-state index >= 15 is 0 Å². The molecule has 3 rings (SSSR count). The number of nitrogens with zero attached hydrogens (tertiary/aromatic N) is 1. The fourth-order valence-corrected chi connectivity index (χ4v) is 2.76. The molecule has 0 saturated heterocycles. The first kappa shape index (κ1) is 22.0. The van der Waals surface area contributed by atoms with Crippen LogP contribution in [0.25, 0.3) is 6.08 Å². The number of halogens is 4. The molecule has 31 heavy (non-hydrogen) atoms. The first-order chi connectivity index (χ1) is 14.7. The summed E-state index contributed by atoms with van der Waals surface area (Å²) in [5.41, 5.74) is -0.685. The van der Waals surface area contributed by atoms with Crippen LogP contribution in [0.15, 0.2) is 78.5 Å². The third-order valence-electron chi connectivity index (χ3n) is 4.06. The summed E-state index contributed by atoms with van der Waals surface area (Å²) in [6.07, 6.45) is -1.92. The number of benzene rings is 2. The van der Waals surface area contributed by atoms with Crippen molar-refractivity contribution in [3.05, 3.63) is 94.8 Å². The van der Waals surface area contributed by atoms with Gasteiger partial charge in [0.1, 0.15) is 10.7 Å². The molecule has 0 fully saturated rings. The van der Waals surface area contributed by atoms with E-state index in [1.807, 2.05) is 0 Å². The number of aromatic nitrogens is 1. The van der Waals surface area contributed by atoms with Crippen LogP contribution in [0.4, 0.5) is 24.5 Å². The van der Waals surface area contributed by atoms with Crippen molar-refractivity contribution < 1.29 is 22.8 Å². The van der Waals surface area contributed by atoms with Crippen LogP contribution in [0.5, 0.6) is 0 Å². The van der Waals surface area contributed by atoms with Gasteiger partial charge in [-0.1, -0.05) is 41.9 Å². The van der Waals surface area contributed by atoms with Crippen LogP contribution in [-0.2, 0) is 15.8 Å². The molecule has 0 radical (unpaired) electrons. The van der Waals surface area contributed by atoms with E-state index in [1.165, 1.54) is 18.3 Å². The number of anilines is 2. The lowest BCUT2D eigenvalue weighted by atomic mass is 10.1. The smallest absolute Gasteiger partial charge is 0.322 e. The normalized spacial score (nSPS) is 11.7. The number of alkyl halides is 3. The molecule has 0 aliphatic carbocycles. The lowest BCUT2D eigenvalue weighted by molar-refractivity contribution is -0.137. The standard InChI is InChI=1S/C22H15ClF3N3O2/c23-19-14(6-5-11-27-19)12-18(20(30)28-16-8-2-1-3-9-16)21(31)29-17-10-4-7-15(13-17)22(24,25)26/h1-13H,(H,28,30)(H,29,31)/b18-12-. The number of nitrogens with one attached hydrogen (secondary N) is 2. The minimum Gasteiger partial charge on any atom is -0.322 e. The third-order valence-corrected chi connectivity index (χ3v) is 4.37. The van der Waals surface area contributed by atoms with E-state index in [0.717, 1.165) is 18.2 Å². The van der Waals surface area contributed by atoms with Crippen LogP contribution >= 0.6 is 11.6 Å². The monoisotopic (exact) mass is 445 g/mol. The SMILES string of the molecule is O=C(Nc1ccccc1)/C(=C/c1cccnc1Cl)C(=O)Nc1cccc(C(F)(F)F)c1. The first-order valence-corrected chi connectivity index (χ1v) is 9.29. The second-order valence-corrected chi connectivity index (χ2v) is 6.65. The van der Waals surface area contributed by atoms with Crippen molar-refractivity contribution in [2.45, 2.75) is 6.18 Å². The summed E-state index contributed by atoms with van der Waals surface area (Å²) in [4.78, 5) is 29.5. The van der Waals surface area contributed by atoms with Gasteiger partial charge in [-0.05, 0) is 42.5 Å². The molecule has 1 aromatic heterocycles. The van der Waals surface area contributed by atoms with Gasteiger partial charge in [-0.15, -0.1) is 0 Å². The first-order valence-electron chi connectivity index (χ1n) is 8.91. The summed E-state index contributed by atoms with van der Waals surface area (Å²) >= 11 is 6.02. The van der Waals surface area contributed by atoms with Gasteiger partial charge in [0.15, 0.2) is 0 Å². The molecule has 9 heteroatoms. The van der Waals surface area contributed by atoms with Crippen LogP contribution in [-0.4, -0.2) is 16.8 Å². The molecule has 2 N–H and O–H groups in total. The second-order valence-electron chi connectivity index (χ2n) is 6.29. The van der Waals surface area contributed by atoms with Gasteiger partial charge in [0.2, 0.25) is 0 Å². The number of pyridine rings is 1. The second kappa shape index (κ2) is 9.44. The molecule has 1 heterocycles. The molecule has 2 amide bonds. The van der Waals surface area contributed by atoms with Crippen molar-refractivity contribution in [2.75, 3.05) is 10.6 Å². The molecule has 0 spiro atoms. The Balaban J connectivity index is 1.93. The van der Waals surface area contributed by atoms with Crippen LogP contribution in [0.3, 0.4) is 0 Å². The summed E-state index contributed by atoms with van der Waals surface area (Å²) in [5.74, 6) is -1.68. The van der Waals surface area contributed by atoms with Crippen LogP contribution < -0.4 is 10.6 Å². The topological polar surface area (TPSA) is 71.1 Å². The molecule has 0 aliphatic heterocycles. The Labute approximate surface area is 180 Å². The Morgan fingerprint density at radius 3 is 2.16 bits per heavy atom. The highest BCUT2D eigenvalue weighted by molar-refractivity contribution is 6.32. The Hall–Kier alpha value is -3.65. The number of carbonyl (C=O) groups excluding carboxylic acids is 2. The predicted octanol–water partition coefficient (Wildman–Crippen LogP) is 5.41. The largest absolute Gasteiger partial charge is 0.416 e. The van der Waals surface area contributed by atoms with Crippen molar-refractivity contribution in [2.24, 2.45) is 0 Å². The van der Waals surface area contributed by atoms with Crippen molar-refractivity contribution in [3.63, 3.8) is 0 Å². The zero-order chi connectivity index (χ0) is 22.4. The van der Waals surface area contributed by atoms with Gasteiger partial charge in [0.05, 0.1) is 5.56 Å². The van der Waals surface area contributed by atoms with Crippen LogP contribution in [0.2, 0.25) is 5.15 Å². The lowest BCUT2D eigenvalue weighted by Gasteiger charge is -2.12. The van der Waals surface area contributed by atoms with Crippen LogP contribution in [0.1, 0.15) is 11.1 Å². The minimum atomic E-state index is -4.58. The van der Waals surface area contributed by atoms with E-state index in [2.05, 4.69) is 15.6 Å². The molecule has 0 aliphatic rings. The van der Waals surface area contributed by atoms with E-state index in [-0.39, 0.29) is 16.4 Å². The maximum atomic E-state index is 13.0. The molecule has 0 atom stereocenters. The van der Waals surface area contributed by atoms with Gasteiger partial charge in [-0.2, -0.15) is 13.2 Å². The van der Waals surface area contributed by atoms with E-state index in [4.69, 9.17) is 11.6 Å². The lowest BCUT2D eigenvalue weighted by Crippen LogP contribution is -2.25. The number of hydrogen-bond donors (Lipinski definition) is 2. The number of rotatable bonds is 5. The number of amides is 2. The molecule has 5 nitrogen and oxygen atoms in total. The summed E-state index contributed by atoms with van der Waals surface area (Å²) in [6.45, 7) is 0. The number of carbonyl (C=O) groups is 2. The quantitative estimate of drug-likeness (QED) is 0.238. The molecule has 2 aromatic carbocycles. The average molecular weight is 446 g/mol. The van der Waals surface area contributed by atoms with Crippen molar-refractivity contribution in [1.82, 2.24) is 4.98 Å². The number of hydrogen-bond acceptors (Lipinski definition) is 3. The van der Waals surface area contributed by atoms with Gasteiger partial charge in [0.25, 0.3) is 11.8 Å². The molecular formula is C22H15ClF3N3O2. The highest BCUT2D eigenvalue weighted by atomic mass is 35.5. The van der Waals surface area contributed by atoms with Crippen molar-refractivity contribution in [3.8, 4) is 0 Å². The Morgan fingerprint density at radius 1 is 0.871 bits per heavy atom. The van der Waals surface area contributed by atoms with Gasteiger partial charge in [0, 0.05) is 23.1 Å². The van der Waals surface area contributed by atoms with E-state index < -0.39 is 23.6 Å². The van der Waals surface area contributed by atoms with E-state index in [1.54, 1.807) is 42.5 Å². The molecule has 0 unspecified atom stereocenters. The van der Waals surface area contributed by atoms with Gasteiger partial charge in [-0.3, -0.25) is 9.59 Å². The summed E-state index contributed by atoms with van der Waals surface area (Å²) in [5, 5.41) is 4.96. The zero-order valence-electron chi connectivity index (χ0n) is 15.8. The van der Waals surface area contributed by atoms with E-state index in [0.29, 0.717) is 11.3 Å². The number of para-hydroxylation sites is 1. The third kappa shape index (κ3) is 5.93. The molecule has 158 valence electrons. The fraction of sp³-hybridized carbons (Fsp3) is 0.0455. The highest BCUT2D eigenvalue weighted by Gasteiger charge is 2.30. The fourth-order valence-electron chi connectivity index (χ4n) is 2.59. The van der Waals surface area contributed by atoms with E-state index in [9.17, 15) is 22.8 Å². The summed E-state index contributed by atoms with van der Waals surface area (Å²) in [7, 11) is 0. The Bertz CT molecular complexity index is 1130. The molecular weight excluding hydrogens is 431 g/mol.